The zero-order chi connectivity index (χ0) is 15.8. The van der Waals surface area contributed by atoms with Gasteiger partial charge in [0.2, 0.25) is 0 Å². The van der Waals surface area contributed by atoms with Gasteiger partial charge in [0.1, 0.15) is 5.76 Å². The number of amides is 1. The first kappa shape index (κ1) is 15.4. The lowest BCUT2D eigenvalue weighted by molar-refractivity contribution is -0.120. The summed E-state index contributed by atoms with van der Waals surface area (Å²) in [4.78, 5) is 11.7. The molecule has 1 aromatic carbocycles. The number of benzene rings is 1. The number of rotatable bonds is 7. The largest absolute Gasteiger partial charge is 0.465 e. The van der Waals surface area contributed by atoms with Gasteiger partial charge in [0.05, 0.1) is 12.8 Å². The summed E-state index contributed by atoms with van der Waals surface area (Å²) in [6, 6.07) is 11.5. The third-order valence-corrected chi connectivity index (χ3v) is 2.83. The summed E-state index contributed by atoms with van der Waals surface area (Å²) >= 11 is 0. The van der Waals surface area contributed by atoms with E-state index >= 15 is 0 Å². The quantitative estimate of drug-likeness (QED) is 0.543. The Kier molecular flexibility index (Phi) is 5.43. The first-order valence-electron chi connectivity index (χ1n) is 6.89. The number of furan rings is 1. The van der Waals surface area contributed by atoms with Crippen molar-refractivity contribution in [3.05, 3.63) is 72.3 Å². The molecule has 5 heteroatoms. The molecule has 1 amide bonds. The van der Waals surface area contributed by atoms with E-state index in [1.54, 1.807) is 24.5 Å². The SMILES string of the molecule is C=C(C=Cc1ccco1)NNC(=O)CNc1cccc(C)c1. The highest BCUT2D eigenvalue weighted by Crippen LogP contribution is 2.08. The number of carbonyl (C=O) groups excluding carboxylic acids is 1. The number of carbonyl (C=O) groups is 1. The molecule has 2 aromatic rings. The Balaban J connectivity index is 1.70. The van der Waals surface area contributed by atoms with Crippen molar-refractivity contribution < 1.29 is 9.21 Å². The highest BCUT2D eigenvalue weighted by atomic mass is 16.3. The first-order valence-corrected chi connectivity index (χ1v) is 6.89. The Morgan fingerprint density at radius 2 is 2.14 bits per heavy atom. The van der Waals surface area contributed by atoms with Gasteiger partial charge in [0, 0.05) is 11.4 Å². The van der Waals surface area contributed by atoms with Crippen LogP contribution >= 0.6 is 0 Å². The molecule has 1 aromatic heterocycles. The van der Waals surface area contributed by atoms with E-state index in [1.807, 2.05) is 37.3 Å². The number of aryl methyl sites for hydroxylation is 1. The van der Waals surface area contributed by atoms with E-state index in [-0.39, 0.29) is 12.5 Å². The third-order valence-electron chi connectivity index (χ3n) is 2.83. The van der Waals surface area contributed by atoms with Crippen molar-refractivity contribution in [3.63, 3.8) is 0 Å². The minimum atomic E-state index is -0.186. The molecule has 0 bridgehead atoms. The highest BCUT2D eigenvalue weighted by molar-refractivity contribution is 5.80. The number of allylic oxidation sites excluding steroid dienone is 1. The molecule has 5 nitrogen and oxygen atoms in total. The van der Waals surface area contributed by atoms with Crippen molar-refractivity contribution >= 4 is 17.7 Å². The van der Waals surface area contributed by atoms with Crippen molar-refractivity contribution in [2.45, 2.75) is 6.92 Å². The number of hydrazine groups is 1. The second kappa shape index (κ2) is 7.73. The van der Waals surface area contributed by atoms with Gasteiger partial charge in [-0.05, 0) is 48.9 Å². The molecule has 22 heavy (non-hydrogen) atoms. The Morgan fingerprint density at radius 1 is 1.27 bits per heavy atom. The molecular formula is C17H19N3O2. The molecular weight excluding hydrogens is 278 g/mol. The molecule has 0 saturated carbocycles. The van der Waals surface area contributed by atoms with Crippen LogP contribution in [0.3, 0.4) is 0 Å². The lowest BCUT2D eigenvalue weighted by Gasteiger charge is -2.10. The molecule has 1 heterocycles. The molecule has 0 radical (unpaired) electrons. The molecule has 0 atom stereocenters. The second-order valence-electron chi connectivity index (χ2n) is 4.77. The minimum absolute atomic E-state index is 0.172. The summed E-state index contributed by atoms with van der Waals surface area (Å²) in [7, 11) is 0. The van der Waals surface area contributed by atoms with Gasteiger partial charge in [-0.15, -0.1) is 0 Å². The van der Waals surface area contributed by atoms with Crippen LogP contribution < -0.4 is 16.2 Å². The highest BCUT2D eigenvalue weighted by Gasteiger charge is 2.00. The Morgan fingerprint density at radius 3 is 2.86 bits per heavy atom. The van der Waals surface area contributed by atoms with E-state index in [1.165, 1.54) is 0 Å². The van der Waals surface area contributed by atoms with E-state index < -0.39 is 0 Å². The fourth-order valence-corrected chi connectivity index (χ4v) is 1.74. The van der Waals surface area contributed by atoms with Crippen LogP contribution in [0.15, 0.2) is 65.4 Å². The van der Waals surface area contributed by atoms with Gasteiger partial charge >= 0.3 is 0 Å². The molecule has 0 aliphatic carbocycles. The normalized spacial score (nSPS) is 10.4. The van der Waals surface area contributed by atoms with Gasteiger partial charge in [0.15, 0.2) is 0 Å². The van der Waals surface area contributed by atoms with Crippen LogP contribution in [0.1, 0.15) is 11.3 Å². The number of nitrogens with one attached hydrogen (secondary N) is 3. The van der Waals surface area contributed by atoms with Gasteiger partial charge in [-0.2, -0.15) is 0 Å². The lowest BCUT2D eigenvalue weighted by Crippen LogP contribution is -2.39. The fraction of sp³-hybridized carbons (Fsp3) is 0.118. The van der Waals surface area contributed by atoms with Gasteiger partial charge in [-0.25, -0.2) is 0 Å². The Hall–Kier alpha value is -2.95. The predicted octanol–water partition coefficient (Wildman–Crippen LogP) is 2.85. The van der Waals surface area contributed by atoms with Crippen LogP contribution in [0, 0.1) is 6.92 Å². The van der Waals surface area contributed by atoms with Gasteiger partial charge in [0.25, 0.3) is 5.91 Å². The smallest absolute Gasteiger partial charge is 0.257 e. The maximum Gasteiger partial charge on any atom is 0.257 e. The fourth-order valence-electron chi connectivity index (χ4n) is 1.74. The van der Waals surface area contributed by atoms with Gasteiger partial charge in [-0.1, -0.05) is 18.7 Å². The molecule has 0 unspecified atom stereocenters. The Bertz CT molecular complexity index is 660. The summed E-state index contributed by atoms with van der Waals surface area (Å²) in [5.41, 5.74) is 7.90. The number of hydrogen-bond acceptors (Lipinski definition) is 4. The zero-order valence-electron chi connectivity index (χ0n) is 12.4. The minimum Gasteiger partial charge on any atom is -0.465 e. The Labute approximate surface area is 129 Å². The van der Waals surface area contributed by atoms with E-state index in [0.29, 0.717) is 5.70 Å². The molecule has 114 valence electrons. The molecule has 0 saturated heterocycles. The molecule has 0 spiro atoms. The zero-order valence-corrected chi connectivity index (χ0v) is 12.4. The average Bonchev–Trinajstić information content (AvgIpc) is 3.02. The van der Waals surface area contributed by atoms with E-state index in [0.717, 1.165) is 17.0 Å². The van der Waals surface area contributed by atoms with Crippen LogP contribution in [0.25, 0.3) is 6.08 Å². The third kappa shape index (κ3) is 5.20. The van der Waals surface area contributed by atoms with Crippen LogP contribution in [0.5, 0.6) is 0 Å². The van der Waals surface area contributed by atoms with Gasteiger partial charge in [-0.3, -0.25) is 15.6 Å². The first-order chi connectivity index (χ1) is 10.6. The topological polar surface area (TPSA) is 66.3 Å². The summed E-state index contributed by atoms with van der Waals surface area (Å²) in [6.45, 7) is 5.96. The van der Waals surface area contributed by atoms with Crippen molar-refractivity contribution in [2.24, 2.45) is 0 Å². The molecule has 0 aliphatic rings. The van der Waals surface area contributed by atoms with Gasteiger partial charge < -0.3 is 9.73 Å². The molecule has 0 fully saturated rings. The van der Waals surface area contributed by atoms with Crippen LogP contribution in [-0.2, 0) is 4.79 Å². The van der Waals surface area contributed by atoms with E-state index in [4.69, 9.17) is 4.42 Å². The number of anilines is 1. The molecule has 0 aliphatic heterocycles. The maximum atomic E-state index is 11.7. The van der Waals surface area contributed by atoms with Crippen molar-refractivity contribution in [2.75, 3.05) is 11.9 Å². The summed E-state index contributed by atoms with van der Waals surface area (Å²) in [6.07, 6.45) is 5.06. The summed E-state index contributed by atoms with van der Waals surface area (Å²) in [5, 5.41) is 3.05. The van der Waals surface area contributed by atoms with Crippen molar-refractivity contribution in [1.82, 2.24) is 10.9 Å². The maximum absolute atomic E-state index is 11.7. The van der Waals surface area contributed by atoms with Crippen molar-refractivity contribution in [3.8, 4) is 0 Å². The lowest BCUT2D eigenvalue weighted by atomic mass is 10.2. The summed E-state index contributed by atoms with van der Waals surface area (Å²) < 4.78 is 5.15. The van der Waals surface area contributed by atoms with E-state index in [9.17, 15) is 4.79 Å². The number of hydrogen-bond donors (Lipinski definition) is 3. The van der Waals surface area contributed by atoms with Crippen molar-refractivity contribution in [1.29, 1.82) is 0 Å². The standard InChI is InChI=1S/C17H19N3O2/c1-13-5-3-6-15(11-13)18-12-17(21)20-19-14(2)8-9-16-7-4-10-22-16/h3-11,18-19H,2,12H2,1H3,(H,20,21). The van der Waals surface area contributed by atoms with E-state index in [2.05, 4.69) is 22.7 Å². The molecule has 3 N–H and O–H groups in total. The van der Waals surface area contributed by atoms with Crippen LogP contribution in [0.4, 0.5) is 5.69 Å². The monoisotopic (exact) mass is 297 g/mol. The average molecular weight is 297 g/mol. The summed E-state index contributed by atoms with van der Waals surface area (Å²) in [5.74, 6) is 0.532. The predicted molar refractivity (Wildman–Crippen MR) is 87.8 cm³/mol. The second-order valence-corrected chi connectivity index (χ2v) is 4.77. The van der Waals surface area contributed by atoms with Crippen LogP contribution in [0.2, 0.25) is 0 Å². The van der Waals surface area contributed by atoms with Crippen LogP contribution in [-0.4, -0.2) is 12.5 Å². The molecule has 2 rings (SSSR count).